The molecule has 0 unspecified atom stereocenters. The SMILES string of the molecule is CCc1ccc(NC[C@H]2CC[C@H](N)CC2)cc1. The summed E-state index contributed by atoms with van der Waals surface area (Å²) in [6, 6.07) is 9.24. The van der Waals surface area contributed by atoms with E-state index in [0.29, 0.717) is 6.04 Å². The lowest BCUT2D eigenvalue weighted by Gasteiger charge is -2.26. The predicted octanol–water partition coefficient (Wildman–Crippen LogP) is 3.18. The number of anilines is 1. The summed E-state index contributed by atoms with van der Waals surface area (Å²) in [4.78, 5) is 0. The first kappa shape index (κ1) is 12.4. The summed E-state index contributed by atoms with van der Waals surface area (Å²) in [5.74, 6) is 0.806. The minimum Gasteiger partial charge on any atom is -0.385 e. The first-order valence-corrected chi connectivity index (χ1v) is 6.86. The molecule has 1 fully saturated rings. The molecule has 2 heteroatoms. The van der Waals surface area contributed by atoms with Crippen LogP contribution in [-0.4, -0.2) is 12.6 Å². The summed E-state index contributed by atoms with van der Waals surface area (Å²) < 4.78 is 0. The van der Waals surface area contributed by atoms with Gasteiger partial charge in [0.25, 0.3) is 0 Å². The lowest BCUT2D eigenvalue weighted by Crippen LogP contribution is -2.29. The van der Waals surface area contributed by atoms with Crippen LogP contribution in [0.3, 0.4) is 0 Å². The van der Waals surface area contributed by atoms with E-state index in [-0.39, 0.29) is 0 Å². The third-order valence-corrected chi connectivity index (χ3v) is 3.85. The number of hydrogen-bond donors (Lipinski definition) is 2. The molecule has 0 amide bonds. The van der Waals surface area contributed by atoms with Crippen LogP contribution in [-0.2, 0) is 6.42 Å². The van der Waals surface area contributed by atoms with Crippen molar-refractivity contribution < 1.29 is 0 Å². The number of rotatable bonds is 4. The number of aryl methyl sites for hydroxylation is 1. The predicted molar refractivity (Wildman–Crippen MR) is 74.2 cm³/mol. The number of benzene rings is 1. The van der Waals surface area contributed by atoms with Crippen molar-refractivity contribution in [3.63, 3.8) is 0 Å². The molecular weight excluding hydrogens is 208 g/mol. The highest BCUT2D eigenvalue weighted by atomic mass is 14.9. The summed E-state index contributed by atoms with van der Waals surface area (Å²) >= 11 is 0. The maximum Gasteiger partial charge on any atom is 0.0340 e. The van der Waals surface area contributed by atoms with Crippen molar-refractivity contribution in [1.29, 1.82) is 0 Å². The normalized spacial score (nSPS) is 24.6. The molecule has 17 heavy (non-hydrogen) atoms. The summed E-state index contributed by atoms with van der Waals surface area (Å²) in [5.41, 5.74) is 8.57. The number of hydrogen-bond acceptors (Lipinski definition) is 2. The van der Waals surface area contributed by atoms with Gasteiger partial charge in [-0.2, -0.15) is 0 Å². The van der Waals surface area contributed by atoms with Gasteiger partial charge in [0.15, 0.2) is 0 Å². The Hall–Kier alpha value is -1.02. The molecule has 0 radical (unpaired) electrons. The zero-order chi connectivity index (χ0) is 12.1. The van der Waals surface area contributed by atoms with E-state index in [1.807, 2.05) is 0 Å². The second-order valence-corrected chi connectivity index (χ2v) is 5.21. The summed E-state index contributed by atoms with van der Waals surface area (Å²) in [6.45, 7) is 3.28. The first-order valence-electron chi connectivity index (χ1n) is 6.86. The zero-order valence-corrected chi connectivity index (χ0v) is 10.8. The third-order valence-electron chi connectivity index (χ3n) is 3.85. The van der Waals surface area contributed by atoms with Crippen molar-refractivity contribution >= 4 is 5.69 Å². The van der Waals surface area contributed by atoms with Crippen molar-refractivity contribution in [1.82, 2.24) is 0 Å². The van der Waals surface area contributed by atoms with Crippen molar-refractivity contribution in [2.45, 2.75) is 45.1 Å². The molecule has 0 atom stereocenters. The van der Waals surface area contributed by atoms with Gasteiger partial charge in [0.1, 0.15) is 0 Å². The van der Waals surface area contributed by atoms with Gasteiger partial charge in [-0.3, -0.25) is 0 Å². The lowest BCUT2D eigenvalue weighted by molar-refractivity contribution is 0.339. The van der Waals surface area contributed by atoms with Crippen molar-refractivity contribution in [2.75, 3.05) is 11.9 Å². The highest BCUT2D eigenvalue weighted by Gasteiger charge is 2.17. The molecule has 0 bridgehead atoms. The third kappa shape index (κ3) is 3.74. The molecule has 0 spiro atoms. The van der Waals surface area contributed by atoms with Crippen LogP contribution in [0.4, 0.5) is 5.69 Å². The fraction of sp³-hybridized carbons (Fsp3) is 0.600. The van der Waals surface area contributed by atoms with E-state index in [1.54, 1.807) is 0 Å². The van der Waals surface area contributed by atoms with E-state index < -0.39 is 0 Å². The minimum atomic E-state index is 0.454. The van der Waals surface area contributed by atoms with Gasteiger partial charge < -0.3 is 11.1 Å². The Morgan fingerprint density at radius 1 is 1.12 bits per heavy atom. The monoisotopic (exact) mass is 232 g/mol. The van der Waals surface area contributed by atoms with E-state index in [4.69, 9.17) is 5.73 Å². The molecule has 1 aliphatic carbocycles. The highest BCUT2D eigenvalue weighted by Crippen LogP contribution is 2.23. The summed E-state index contributed by atoms with van der Waals surface area (Å²) in [6.07, 6.45) is 6.06. The average Bonchev–Trinajstić information content (AvgIpc) is 2.39. The van der Waals surface area contributed by atoms with Crippen LogP contribution in [0.25, 0.3) is 0 Å². The highest BCUT2D eigenvalue weighted by molar-refractivity contribution is 5.44. The molecule has 1 saturated carbocycles. The van der Waals surface area contributed by atoms with Crippen LogP contribution < -0.4 is 11.1 Å². The molecule has 3 N–H and O–H groups in total. The molecule has 0 heterocycles. The topological polar surface area (TPSA) is 38.0 Å². The van der Waals surface area contributed by atoms with E-state index in [0.717, 1.165) is 18.9 Å². The summed E-state index contributed by atoms with van der Waals surface area (Å²) in [7, 11) is 0. The lowest BCUT2D eigenvalue weighted by atomic mass is 9.86. The smallest absolute Gasteiger partial charge is 0.0340 e. The van der Waals surface area contributed by atoms with Gasteiger partial charge in [-0.1, -0.05) is 19.1 Å². The van der Waals surface area contributed by atoms with Crippen LogP contribution in [0.2, 0.25) is 0 Å². The van der Waals surface area contributed by atoms with Gasteiger partial charge in [0, 0.05) is 18.3 Å². The van der Waals surface area contributed by atoms with Crippen molar-refractivity contribution in [3.05, 3.63) is 29.8 Å². The van der Waals surface area contributed by atoms with E-state index in [1.165, 1.54) is 36.9 Å². The average molecular weight is 232 g/mol. The molecular formula is C15H24N2. The Morgan fingerprint density at radius 2 is 1.76 bits per heavy atom. The van der Waals surface area contributed by atoms with Gasteiger partial charge in [-0.05, 0) is 55.7 Å². The molecule has 1 aromatic carbocycles. The van der Waals surface area contributed by atoms with Gasteiger partial charge in [0.05, 0.1) is 0 Å². The van der Waals surface area contributed by atoms with Gasteiger partial charge in [-0.25, -0.2) is 0 Å². The fourth-order valence-corrected chi connectivity index (χ4v) is 2.51. The van der Waals surface area contributed by atoms with Crippen LogP contribution in [0.5, 0.6) is 0 Å². The number of nitrogens with two attached hydrogens (primary N) is 1. The fourth-order valence-electron chi connectivity index (χ4n) is 2.51. The van der Waals surface area contributed by atoms with Gasteiger partial charge >= 0.3 is 0 Å². The summed E-state index contributed by atoms with van der Waals surface area (Å²) in [5, 5.41) is 3.54. The van der Waals surface area contributed by atoms with Crippen molar-refractivity contribution in [3.8, 4) is 0 Å². The van der Waals surface area contributed by atoms with Gasteiger partial charge in [0.2, 0.25) is 0 Å². The molecule has 94 valence electrons. The van der Waals surface area contributed by atoms with E-state index in [2.05, 4.69) is 36.5 Å². The zero-order valence-electron chi connectivity index (χ0n) is 10.8. The Morgan fingerprint density at radius 3 is 2.35 bits per heavy atom. The largest absolute Gasteiger partial charge is 0.385 e. The Labute approximate surface area is 105 Å². The van der Waals surface area contributed by atoms with E-state index >= 15 is 0 Å². The van der Waals surface area contributed by atoms with E-state index in [9.17, 15) is 0 Å². The van der Waals surface area contributed by atoms with Crippen LogP contribution in [0.1, 0.15) is 38.2 Å². The quantitative estimate of drug-likeness (QED) is 0.836. The Kier molecular flexibility index (Phi) is 4.43. The second-order valence-electron chi connectivity index (χ2n) is 5.21. The molecule has 2 rings (SSSR count). The standard InChI is InChI=1S/C15H24N2/c1-2-12-5-9-15(10-6-12)17-11-13-3-7-14(16)8-4-13/h5-6,9-10,13-14,17H,2-4,7-8,11,16H2,1H3/t13-,14-. The Balaban J connectivity index is 1.77. The maximum absolute atomic E-state index is 5.92. The molecule has 0 aliphatic heterocycles. The van der Waals surface area contributed by atoms with Crippen LogP contribution in [0.15, 0.2) is 24.3 Å². The molecule has 1 aromatic rings. The maximum atomic E-state index is 5.92. The Bertz CT molecular complexity index is 323. The van der Waals surface area contributed by atoms with Gasteiger partial charge in [-0.15, -0.1) is 0 Å². The van der Waals surface area contributed by atoms with Crippen LogP contribution >= 0.6 is 0 Å². The first-order chi connectivity index (χ1) is 8.28. The second kappa shape index (κ2) is 6.06. The molecule has 2 nitrogen and oxygen atoms in total. The molecule has 0 saturated heterocycles. The van der Waals surface area contributed by atoms with Crippen molar-refractivity contribution in [2.24, 2.45) is 11.7 Å². The molecule has 1 aliphatic rings. The number of nitrogens with one attached hydrogen (secondary N) is 1. The molecule has 0 aromatic heterocycles. The minimum absolute atomic E-state index is 0.454. The van der Waals surface area contributed by atoms with Crippen LogP contribution in [0, 0.1) is 5.92 Å².